The summed E-state index contributed by atoms with van der Waals surface area (Å²) in [6.07, 6.45) is 0.00114. The molecule has 0 aliphatic carbocycles. The molecule has 19 heavy (non-hydrogen) atoms. The molecule has 0 unspecified atom stereocenters. The maximum Gasteiger partial charge on any atom is 0.338 e. The lowest BCUT2D eigenvalue weighted by Gasteiger charge is -2.04. The number of nitro groups is 1. The van der Waals surface area contributed by atoms with Crippen molar-refractivity contribution in [1.82, 2.24) is 0 Å². The molecule has 1 rings (SSSR count). The molecule has 7 heteroatoms. The number of nitro benzene ring substituents is 1. The predicted molar refractivity (Wildman–Crippen MR) is 68.7 cm³/mol. The topological polar surface area (TPSA) is 86.5 Å². The van der Waals surface area contributed by atoms with Gasteiger partial charge in [0.2, 0.25) is 0 Å². The number of esters is 1. The second-order valence-corrected chi connectivity index (χ2v) is 3.95. The van der Waals surface area contributed by atoms with Gasteiger partial charge in [0.15, 0.2) is 5.78 Å². The molecular weight excluding hydrogens is 274 g/mol. The first-order chi connectivity index (χ1) is 9.01. The number of hydrogen-bond acceptors (Lipinski definition) is 5. The highest BCUT2D eigenvalue weighted by molar-refractivity contribution is 6.19. The van der Waals surface area contributed by atoms with Gasteiger partial charge in [-0.25, -0.2) is 4.79 Å². The lowest BCUT2D eigenvalue weighted by atomic mass is 10.0. The number of ether oxygens (including phenoxy) is 1. The van der Waals surface area contributed by atoms with Crippen molar-refractivity contribution in [3.05, 3.63) is 39.4 Å². The van der Waals surface area contributed by atoms with E-state index in [-0.39, 0.29) is 30.0 Å². The van der Waals surface area contributed by atoms with E-state index in [0.29, 0.717) is 0 Å². The third kappa shape index (κ3) is 3.75. The van der Waals surface area contributed by atoms with E-state index in [1.807, 2.05) is 0 Å². The molecule has 0 saturated carbocycles. The average Bonchev–Trinajstić information content (AvgIpc) is 2.38. The minimum atomic E-state index is -0.704. The summed E-state index contributed by atoms with van der Waals surface area (Å²) in [5, 5.41) is 10.9. The van der Waals surface area contributed by atoms with Gasteiger partial charge in [-0.05, 0) is 19.1 Å². The van der Waals surface area contributed by atoms with E-state index in [0.717, 1.165) is 6.07 Å². The summed E-state index contributed by atoms with van der Waals surface area (Å²) in [5.41, 5.74) is -0.435. The van der Waals surface area contributed by atoms with Crippen LogP contribution < -0.4 is 0 Å². The Morgan fingerprint density at radius 1 is 1.42 bits per heavy atom. The Morgan fingerprint density at radius 2 is 2.11 bits per heavy atom. The van der Waals surface area contributed by atoms with Crippen molar-refractivity contribution in [3.63, 3.8) is 0 Å². The molecule has 0 heterocycles. The first-order valence-electron chi connectivity index (χ1n) is 5.56. The van der Waals surface area contributed by atoms with Crippen molar-refractivity contribution in [2.45, 2.75) is 13.3 Å². The number of benzene rings is 1. The van der Waals surface area contributed by atoms with E-state index in [1.165, 1.54) is 12.1 Å². The van der Waals surface area contributed by atoms with E-state index in [1.54, 1.807) is 6.92 Å². The van der Waals surface area contributed by atoms with Gasteiger partial charge in [0.05, 0.1) is 22.7 Å². The second kappa shape index (κ2) is 6.84. The second-order valence-electron chi connectivity index (χ2n) is 3.57. The molecule has 6 nitrogen and oxygen atoms in total. The molecule has 0 amide bonds. The van der Waals surface area contributed by atoms with Crippen LogP contribution in [0.2, 0.25) is 0 Å². The van der Waals surface area contributed by atoms with Gasteiger partial charge in [-0.2, -0.15) is 0 Å². The largest absolute Gasteiger partial charge is 0.462 e. The third-order valence-corrected chi connectivity index (χ3v) is 2.52. The fourth-order valence-electron chi connectivity index (χ4n) is 1.48. The highest BCUT2D eigenvalue weighted by atomic mass is 35.5. The first-order valence-corrected chi connectivity index (χ1v) is 6.09. The normalized spacial score (nSPS) is 10.0. The van der Waals surface area contributed by atoms with Gasteiger partial charge in [0.1, 0.15) is 0 Å². The number of halogens is 1. The Labute approximate surface area is 114 Å². The summed E-state index contributed by atoms with van der Waals surface area (Å²) in [6.45, 7) is 1.80. The van der Waals surface area contributed by atoms with Crippen molar-refractivity contribution in [3.8, 4) is 0 Å². The predicted octanol–water partition coefficient (Wildman–Crippen LogP) is 2.58. The maximum absolute atomic E-state index is 11.7. The fourth-order valence-corrected chi connectivity index (χ4v) is 1.65. The number of rotatable bonds is 6. The van der Waals surface area contributed by atoms with Crippen molar-refractivity contribution in [1.29, 1.82) is 0 Å². The van der Waals surface area contributed by atoms with Crippen LogP contribution >= 0.6 is 11.6 Å². The summed E-state index contributed by atoms with van der Waals surface area (Å²) < 4.78 is 4.74. The molecule has 0 aliphatic heterocycles. The summed E-state index contributed by atoms with van der Waals surface area (Å²) in [4.78, 5) is 33.4. The number of hydrogen-bond donors (Lipinski definition) is 0. The Balaban J connectivity index is 3.18. The van der Waals surface area contributed by atoms with Crippen molar-refractivity contribution in [2.75, 3.05) is 12.5 Å². The van der Waals surface area contributed by atoms with Crippen LogP contribution in [-0.4, -0.2) is 29.2 Å². The Hall–Kier alpha value is -1.95. The molecule has 0 N–H and O–H groups in total. The fraction of sp³-hybridized carbons (Fsp3) is 0.333. The van der Waals surface area contributed by atoms with Crippen LogP contribution in [0, 0.1) is 10.1 Å². The summed E-state index contributed by atoms with van der Waals surface area (Å²) in [7, 11) is 0. The molecule has 1 aromatic carbocycles. The minimum Gasteiger partial charge on any atom is -0.462 e. The van der Waals surface area contributed by atoms with E-state index in [4.69, 9.17) is 16.3 Å². The highest BCUT2D eigenvalue weighted by Crippen LogP contribution is 2.22. The van der Waals surface area contributed by atoms with Crippen molar-refractivity contribution in [2.24, 2.45) is 0 Å². The molecule has 0 spiro atoms. The number of ketones is 1. The van der Waals surface area contributed by atoms with Crippen LogP contribution in [0.1, 0.15) is 34.1 Å². The minimum absolute atomic E-state index is 0.00114. The Kier molecular flexibility index (Phi) is 5.44. The number of alkyl halides is 1. The quantitative estimate of drug-likeness (QED) is 0.264. The van der Waals surface area contributed by atoms with Crippen LogP contribution in [-0.2, 0) is 4.74 Å². The average molecular weight is 286 g/mol. The summed E-state index contributed by atoms with van der Waals surface area (Å²) in [6, 6.07) is 3.62. The highest BCUT2D eigenvalue weighted by Gasteiger charge is 2.22. The molecule has 0 fully saturated rings. The van der Waals surface area contributed by atoms with Gasteiger partial charge in [0.25, 0.3) is 5.69 Å². The van der Waals surface area contributed by atoms with Crippen LogP contribution in [0.4, 0.5) is 5.69 Å². The zero-order valence-corrected chi connectivity index (χ0v) is 11.0. The summed E-state index contributed by atoms with van der Waals surface area (Å²) >= 11 is 5.44. The standard InChI is InChI=1S/C12H12ClNO5/c1-2-19-12(16)8-3-4-9(11(15)5-6-13)10(7-8)14(17)18/h3-4,7H,2,5-6H2,1H3. The van der Waals surface area contributed by atoms with Gasteiger partial charge in [-0.1, -0.05) is 0 Å². The van der Waals surface area contributed by atoms with Crippen LogP contribution in [0.25, 0.3) is 0 Å². The molecule has 0 bridgehead atoms. The Morgan fingerprint density at radius 3 is 2.63 bits per heavy atom. The molecule has 1 aromatic rings. The molecule has 102 valence electrons. The third-order valence-electron chi connectivity index (χ3n) is 2.33. The van der Waals surface area contributed by atoms with E-state index < -0.39 is 22.4 Å². The molecule has 0 atom stereocenters. The van der Waals surface area contributed by atoms with Gasteiger partial charge < -0.3 is 4.74 Å². The molecular formula is C12H12ClNO5. The SMILES string of the molecule is CCOC(=O)c1ccc(C(=O)CCCl)c([N+](=O)[O-])c1. The number of carbonyl (C=O) groups is 2. The molecule has 0 saturated heterocycles. The van der Waals surface area contributed by atoms with E-state index in [2.05, 4.69) is 0 Å². The maximum atomic E-state index is 11.7. The molecule has 0 aromatic heterocycles. The van der Waals surface area contributed by atoms with Crippen LogP contribution in [0.3, 0.4) is 0 Å². The van der Waals surface area contributed by atoms with Gasteiger partial charge in [0, 0.05) is 18.4 Å². The first kappa shape index (κ1) is 15.1. The number of Topliss-reactive ketones (excluding diaryl/α,β-unsaturated/α-hetero) is 1. The zero-order valence-electron chi connectivity index (χ0n) is 10.2. The van der Waals surface area contributed by atoms with Gasteiger partial charge in [-0.3, -0.25) is 14.9 Å². The van der Waals surface area contributed by atoms with Crippen molar-refractivity contribution < 1.29 is 19.2 Å². The van der Waals surface area contributed by atoms with Crippen LogP contribution in [0.5, 0.6) is 0 Å². The van der Waals surface area contributed by atoms with Gasteiger partial charge in [-0.15, -0.1) is 11.6 Å². The lowest BCUT2D eigenvalue weighted by molar-refractivity contribution is -0.385. The summed E-state index contributed by atoms with van der Waals surface area (Å²) in [5.74, 6) is -1.02. The van der Waals surface area contributed by atoms with Crippen molar-refractivity contribution >= 4 is 29.0 Å². The molecule has 0 aliphatic rings. The van der Waals surface area contributed by atoms with E-state index >= 15 is 0 Å². The van der Waals surface area contributed by atoms with Crippen LogP contribution in [0.15, 0.2) is 18.2 Å². The van der Waals surface area contributed by atoms with Gasteiger partial charge >= 0.3 is 5.97 Å². The van der Waals surface area contributed by atoms with E-state index in [9.17, 15) is 19.7 Å². The monoisotopic (exact) mass is 285 g/mol. The Bertz CT molecular complexity index is 515. The smallest absolute Gasteiger partial charge is 0.338 e. The lowest BCUT2D eigenvalue weighted by Crippen LogP contribution is -2.09. The number of carbonyl (C=O) groups excluding carboxylic acids is 2. The molecule has 0 radical (unpaired) electrons. The number of nitrogens with zero attached hydrogens (tertiary/aromatic N) is 1. The zero-order chi connectivity index (χ0) is 14.4.